The van der Waals surface area contributed by atoms with Crippen LogP contribution in [0.1, 0.15) is 17.3 Å². The van der Waals surface area contributed by atoms with E-state index in [-0.39, 0.29) is 12.5 Å². The van der Waals surface area contributed by atoms with Crippen molar-refractivity contribution in [2.24, 2.45) is 0 Å². The van der Waals surface area contributed by atoms with Gasteiger partial charge in [0.05, 0.1) is 12.6 Å². The SMILES string of the molecule is CCn1nnc2cc(C(=O)NCC(=O)OC)ccc21. The number of rotatable bonds is 4. The minimum absolute atomic E-state index is 0.158. The summed E-state index contributed by atoms with van der Waals surface area (Å²) >= 11 is 0. The number of nitrogens with one attached hydrogen (secondary N) is 1. The summed E-state index contributed by atoms with van der Waals surface area (Å²) in [5.41, 5.74) is 1.94. The number of aromatic nitrogens is 3. The molecule has 1 heterocycles. The van der Waals surface area contributed by atoms with Crippen molar-refractivity contribution < 1.29 is 14.3 Å². The zero-order valence-corrected chi connectivity index (χ0v) is 10.7. The number of benzene rings is 1. The number of aryl methyl sites for hydroxylation is 1. The normalized spacial score (nSPS) is 10.4. The summed E-state index contributed by atoms with van der Waals surface area (Å²) < 4.78 is 6.19. The van der Waals surface area contributed by atoms with Gasteiger partial charge in [0.2, 0.25) is 0 Å². The van der Waals surface area contributed by atoms with Crippen molar-refractivity contribution in [3.63, 3.8) is 0 Å². The van der Waals surface area contributed by atoms with Crippen molar-refractivity contribution in [2.45, 2.75) is 13.5 Å². The Balaban J connectivity index is 2.16. The fraction of sp³-hybridized carbons (Fsp3) is 0.333. The lowest BCUT2D eigenvalue weighted by Crippen LogP contribution is -2.30. The quantitative estimate of drug-likeness (QED) is 0.804. The Morgan fingerprint density at radius 3 is 2.89 bits per heavy atom. The van der Waals surface area contributed by atoms with Crippen LogP contribution < -0.4 is 5.32 Å². The Morgan fingerprint density at radius 1 is 1.42 bits per heavy atom. The van der Waals surface area contributed by atoms with Crippen LogP contribution in [0.5, 0.6) is 0 Å². The lowest BCUT2D eigenvalue weighted by atomic mass is 10.2. The Hall–Kier alpha value is -2.44. The second-order valence-electron chi connectivity index (χ2n) is 3.87. The minimum Gasteiger partial charge on any atom is -0.468 e. The highest BCUT2D eigenvalue weighted by molar-refractivity contribution is 5.98. The lowest BCUT2D eigenvalue weighted by molar-refractivity contribution is -0.139. The van der Waals surface area contributed by atoms with E-state index in [1.165, 1.54) is 7.11 Å². The smallest absolute Gasteiger partial charge is 0.325 e. The van der Waals surface area contributed by atoms with Gasteiger partial charge in [0.25, 0.3) is 5.91 Å². The molecule has 0 fully saturated rings. The summed E-state index contributed by atoms with van der Waals surface area (Å²) in [6.07, 6.45) is 0. The predicted octanol–water partition coefficient (Wildman–Crippen LogP) is 0.354. The number of hydrogen-bond donors (Lipinski definition) is 1. The molecule has 1 amide bonds. The van der Waals surface area contributed by atoms with Crippen LogP contribution in [0.4, 0.5) is 0 Å². The number of amides is 1. The second kappa shape index (κ2) is 5.47. The molecular weight excluding hydrogens is 248 g/mol. The molecule has 1 N–H and O–H groups in total. The van der Waals surface area contributed by atoms with Gasteiger partial charge in [-0.05, 0) is 25.1 Å². The predicted molar refractivity (Wildman–Crippen MR) is 67.6 cm³/mol. The van der Waals surface area contributed by atoms with Gasteiger partial charge in [-0.15, -0.1) is 5.10 Å². The molecule has 7 nitrogen and oxygen atoms in total. The van der Waals surface area contributed by atoms with Crippen LogP contribution in [0.15, 0.2) is 18.2 Å². The summed E-state index contributed by atoms with van der Waals surface area (Å²) in [6.45, 7) is 2.52. The van der Waals surface area contributed by atoms with E-state index in [9.17, 15) is 9.59 Å². The van der Waals surface area contributed by atoms with Crippen molar-refractivity contribution in [3.05, 3.63) is 23.8 Å². The highest BCUT2D eigenvalue weighted by Gasteiger charge is 2.10. The van der Waals surface area contributed by atoms with Crippen LogP contribution in [0, 0.1) is 0 Å². The summed E-state index contributed by atoms with van der Waals surface area (Å²) in [5, 5.41) is 10.4. The molecule has 19 heavy (non-hydrogen) atoms. The van der Waals surface area contributed by atoms with Crippen molar-refractivity contribution in [1.82, 2.24) is 20.3 Å². The Labute approximate surface area is 109 Å². The topological polar surface area (TPSA) is 86.1 Å². The van der Waals surface area contributed by atoms with Gasteiger partial charge in [-0.3, -0.25) is 9.59 Å². The summed E-state index contributed by atoms with van der Waals surface area (Å²) in [5.74, 6) is -0.843. The maximum Gasteiger partial charge on any atom is 0.325 e. The minimum atomic E-state index is -0.494. The van der Waals surface area contributed by atoms with Gasteiger partial charge in [0, 0.05) is 12.1 Å². The van der Waals surface area contributed by atoms with Crippen LogP contribution in [-0.4, -0.2) is 40.5 Å². The molecule has 0 bridgehead atoms. The van der Waals surface area contributed by atoms with Crippen molar-refractivity contribution in [3.8, 4) is 0 Å². The third-order valence-electron chi connectivity index (χ3n) is 2.70. The number of esters is 1. The van der Waals surface area contributed by atoms with E-state index in [4.69, 9.17) is 0 Å². The van der Waals surface area contributed by atoms with Crippen molar-refractivity contribution in [1.29, 1.82) is 0 Å². The number of ether oxygens (including phenoxy) is 1. The van der Waals surface area contributed by atoms with Crippen LogP contribution in [0.3, 0.4) is 0 Å². The highest BCUT2D eigenvalue weighted by atomic mass is 16.5. The van der Waals surface area contributed by atoms with Gasteiger partial charge in [-0.25, -0.2) is 4.68 Å². The Kier molecular flexibility index (Phi) is 3.74. The van der Waals surface area contributed by atoms with Crippen LogP contribution >= 0.6 is 0 Å². The molecule has 2 aromatic rings. The van der Waals surface area contributed by atoms with E-state index in [1.807, 2.05) is 6.92 Å². The first kappa shape index (κ1) is 13.0. The molecule has 1 aromatic carbocycles. The Morgan fingerprint density at radius 2 is 2.21 bits per heavy atom. The average Bonchev–Trinajstić information content (AvgIpc) is 2.86. The van der Waals surface area contributed by atoms with E-state index in [2.05, 4.69) is 20.4 Å². The number of nitrogens with zero attached hydrogens (tertiary/aromatic N) is 3. The molecule has 0 atom stereocenters. The first-order valence-corrected chi connectivity index (χ1v) is 5.84. The van der Waals surface area contributed by atoms with Gasteiger partial charge in [-0.1, -0.05) is 5.21 Å². The van der Waals surface area contributed by atoms with Gasteiger partial charge >= 0.3 is 5.97 Å². The molecule has 0 aliphatic carbocycles. The molecule has 2 rings (SSSR count). The molecule has 100 valence electrons. The van der Waals surface area contributed by atoms with Crippen LogP contribution in [0.2, 0.25) is 0 Å². The summed E-state index contributed by atoms with van der Waals surface area (Å²) in [7, 11) is 1.27. The molecule has 0 radical (unpaired) electrons. The standard InChI is InChI=1S/C12H14N4O3/c1-3-16-10-5-4-8(6-9(10)14-15-16)12(18)13-7-11(17)19-2/h4-6H,3,7H2,1-2H3,(H,13,18). The van der Waals surface area contributed by atoms with E-state index >= 15 is 0 Å². The number of methoxy groups -OCH3 is 1. The van der Waals surface area contributed by atoms with E-state index in [0.717, 1.165) is 5.52 Å². The Bertz CT molecular complexity index is 620. The number of fused-ring (bicyclic) bond motifs is 1. The van der Waals surface area contributed by atoms with Gasteiger partial charge in [-0.2, -0.15) is 0 Å². The van der Waals surface area contributed by atoms with E-state index in [0.29, 0.717) is 17.6 Å². The van der Waals surface area contributed by atoms with Crippen molar-refractivity contribution >= 4 is 22.9 Å². The van der Waals surface area contributed by atoms with Gasteiger partial charge in [0.1, 0.15) is 12.1 Å². The number of carbonyl (C=O) groups excluding carboxylic acids is 2. The lowest BCUT2D eigenvalue weighted by Gasteiger charge is -2.04. The molecule has 0 aliphatic rings. The van der Waals surface area contributed by atoms with Crippen molar-refractivity contribution in [2.75, 3.05) is 13.7 Å². The zero-order chi connectivity index (χ0) is 13.8. The van der Waals surface area contributed by atoms with Crippen LogP contribution in [-0.2, 0) is 16.1 Å². The average molecular weight is 262 g/mol. The summed E-state index contributed by atoms with van der Waals surface area (Å²) in [6, 6.07) is 5.09. The molecule has 0 spiro atoms. The zero-order valence-electron chi connectivity index (χ0n) is 10.7. The monoisotopic (exact) mass is 262 g/mol. The third-order valence-corrected chi connectivity index (χ3v) is 2.70. The van der Waals surface area contributed by atoms with Crippen LogP contribution in [0.25, 0.3) is 11.0 Å². The molecule has 0 unspecified atom stereocenters. The van der Waals surface area contributed by atoms with Gasteiger partial charge < -0.3 is 10.1 Å². The fourth-order valence-corrected chi connectivity index (χ4v) is 1.67. The highest BCUT2D eigenvalue weighted by Crippen LogP contribution is 2.13. The largest absolute Gasteiger partial charge is 0.468 e. The third kappa shape index (κ3) is 2.70. The number of carbonyl (C=O) groups is 2. The van der Waals surface area contributed by atoms with E-state index in [1.54, 1.807) is 22.9 Å². The summed E-state index contributed by atoms with van der Waals surface area (Å²) in [4.78, 5) is 22.8. The molecule has 1 aromatic heterocycles. The molecule has 0 aliphatic heterocycles. The molecular formula is C12H14N4O3. The van der Waals surface area contributed by atoms with E-state index < -0.39 is 5.97 Å². The molecule has 0 saturated carbocycles. The fourth-order valence-electron chi connectivity index (χ4n) is 1.67. The first-order valence-electron chi connectivity index (χ1n) is 5.84. The number of hydrogen-bond acceptors (Lipinski definition) is 5. The molecule has 0 saturated heterocycles. The first-order chi connectivity index (χ1) is 9.15. The maximum absolute atomic E-state index is 11.8. The molecule has 7 heteroatoms. The van der Waals surface area contributed by atoms with Gasteiger partial charge in [0.15, 0.2) is 0 Å². The second-order valence-corrected chi connectivity index (χ2v) is 3.87. The maximum atomic E-state index is 11.8.